The average Bonchev–Trinajstić information content (AvgIpc) is 2.65. The van der Waals surface area contributed by atoms with E-state index in [2.05, 4.69) is 24.2 Å². The van der Waals surface area contributed by atoms with Crippen LogP contribution in [0.15, 0.2) is 4.99 Å². The first-order chi connectivity index (χ1) is 8.52. The van der Waals surface area contributed by atoms with E-state index in [1.54, 1.807) is 11.8 Å². The Morgan fingerprint density at radius 1 is 1.39 bits per heavy atom. The number of nitrogens with zero attached hydrogens (tertiary/aromatic N) is 1. The maximum atomic E-state index is 12.0. The molecule has 1 heterocycles. The van der Waals surface area contributed by atoms with Crippen LogP contribution in [-0.2, 0) is 4.79 Å². The number of nitrogens with one attached hydrogen (secondary N) is 1. The van der Waals surface area contributed by atoms with Gasteiger partial charge in [-0.05, 0) is 31.6 Å². The van der Waals surface area contributed by atoms with Gasteiger partial charge in [-0.15, -0.1) is 0 Å². The van der Waals surface area contributed by atoms with Crippen LogP contribution in [0.3, 0.4) is 0 Å². The molecule has 18 heavy (non-hydrogen) atoms. The molecule has 2 aliphatic rings. The monoisotopic (exact) mass is 268 g/mol. The second-order valence-electron chi connectivity index (χ2n) is 5.97. The van der Waals surface area contributed by atoms with Crippen molar-refractivity contribution < 1.29 is 4.79 Å². The number of hydrogen-bond donors (Lipinski definition) is 1. The number of hydrogen-bond acceptors (Lipinski definition) is 3. The standard InChI is InChI=1S/C14H24N2OS/c1-10(2)14(3)12(17)16-13(18-14)15-9-11-7-5-4-6-8-11/h10-11H,4-9H2,1-3H3,(H,15,16,17). The summed E-state index contributed by atoms with van der Waals surface area (Å²) in [5, 5.41) is 3.77. The first kappa shape index (κ1) is 13.9. The van der Waals surface area contributed by atoms with Crippen molar-refractivity contribution in [1.29, 1.82) is 0 Å². The zero-order valence-electron chi connectivity index (χ0n) is 11.7. The van der Waals surface area contributed by atoms with Gasteiger partial charge in [0.25, 0.3) is 0 Å². The van der Waals surface area contributed by atoms with Crippen molar-refractivity contribution in [1.82, 2.24) is 5.32 Å². The van der Waals surface area contributed by atoms with E-state index < -0.39 is 0 Å². The Morgan fingerprint density at radius 2 is 2.06 bits per heavy atom. The van der Waals surface area contributed by atoms with E-state index in [4.69, 9.17) is 0 Å². The van der Waals surface area contributed by atoms with Crippen molar-refractivity contribution in [3.63, 3.8) is 0 Å². The van der Waals surface area contributed by atoms with E-state index in [9.17, 15) is 4.79 Å². The molecule has 3 nitrogen and oxygen atoms in total. The zero-order valence-corrected chi connectivity index (χ0v) is 12.5. The minimum Gasteiger partial charge on any atom is -0.304 e. The van der Waals surface area contributed by atoms with Gasteiger partial charge in [0.05, 0.1) is 0 Å². The van der Waals surface area contributed by atoms with Gasteiger partial charge >= 0.3 is 0 Å². The van der Waals surface area contributed by atoms with Gasteiger partial charge in [0, 0.05) is 6.54 Å². The highest BCUT2D eigenvalue weighted by atomic mass is 32.2. The molecular formula is C14H24N2OS. The van der Waals surface area contributed by atoms with E-state index in [-0.39, 0.29) is 10.7 Å². The molecule has 1 saturated carbocycles. The molecule has 1 aliphatic carbocycles. The smallest absolute Gasteiger partial charge is 0.242 e. The van der Waals surface area contributed by atoms with Crippen LogP contribution < -0.4 is 5.32 Å². The molecule has 1 atom stereocenters. The van der Waals surface area contributed by atoms with Crippen LogP contribution in [0.1, 0.15) is 52.9 Å². The minimum absolute atomic E-state index is 0.116. The zero-order chi connectivity index (χ0) is 13.2. The van der Waals surface area contributed by atoms with Gasteiger partial charge in [-0.25, -0.2) is 0 Å². The van der Waals surface area contributed by atoms with Crippen LogP contribution in [0.4, 0.5) is 0 Å². The molecule has 0 aromatic rings. The Kier molecular flexibility index (Phi) is 4.36. The fourth-order valence-electron chi connectivity index (χ4n) is 2.53. The second kappa shape index (κ2) is 5.64. The second-order valence-corrected chi connectivity index (χ2v) is 7.41. The SMILES string of the molecule is CC(C)C1(C)SC(=NCC2CCCCC2)NC1=O. The highest BCUT2D eigenvalue weighted by molar-refractivity contribution is 8.16. The molecule has 0 aromatic heterocycles. The quantitative estimate of drug-likeness (QED) is 0.854. The number of rotatable bonds is 3. The number of carbonyl (C=O) groups is 1. The number of amides is 1. The lowest BCUT2D eigenvalue weighted by molar-refractivity contribution is -0.122. The summed E-state index contributed by atoms with van der Waals surface area (Å²) < 4.78 is -0.342. The summed E-state index contributed by atoms with van der Waals surface area (Å²) in [5.74, 6) is 1.17. The lowest BCUT2D eigenvalue weighted by Crippen LogP contribution is -2.38. The van der Waals surface area contributed by atoms with Crippen LogP contribution in [0.5, 0.6) is 0 Å². The summed E-state index contributed by atoms with van der Waals surface area (Å²) in [6, 6.07) is 0. The van der Waals surface area contributed by atoms with E-state index in [0.717, 1.165) is 17.6 Å². The highest BCUT2D eigenvalue weighted by Crippen LogP contribution is 2.38. The number of aliphatic imine (C=N–C) groups is 1. The number of carbonyl (C=O) groups excluding carboxylic acids is 1. The largest absolute Gasteiger partial charge is 0.304 e. The third-order valence-corrected chi connectivity index (χ3v) is 5.80. The van der Waals surface area contributed by atoms with Gasteiger partial charge in [-0.3, -0.25) is 9.79 Å². The molecule has 1 saturated heterocycles. The maximum absolute atomic E-state index is 12.0. The average molecular weight is 268 g/mol. The Morgan fingerprint density at radius 3 is 2.61 bits per heavy atom. The van der Waals surface area contributed by atoms with Crippen molar-refractivity contribution in [2.75, 3.05) is 6.54 Å². The molecule has 0 bridgehead atoms. The summed E-state index contributed by atoms with van der Waals surface area (Å²) in [7, 11) is 0. The summed E-state index contributed by atoms with van der Waals surface area (Å²) in [5.41, 5.74) is 0. The molecule has 1 unspecified atom stereocenters. The maximum Gasteiger partial charge on any atom is 0.242 e. The minimum atomic E-state index is -0.342. The van der Waals surface area contributed by atoms with Gasteiger partial charge < -0.3 is 5.32 Å². The molecular weight excluding hydrogens is 244 g/mol. The Labute approximate surface area is 114 Å². The highest BCUT2D eigenvalue weighted by Gasteiger charge is 2.44. The molecule has 4 heteroatoms. The Bertz CT molecular complexity index is 348. The molecule has 0 spiro atoms. The van der Waals surface area contributed by atoms with Crippen molar-refractivity contribution >= 4 is 22.8 Å². The number of thioether (sulfide) groups is 1. The number of amidine groups is 1. The van der Waals surface area contributed by atoms with Crippen LogP contribution in [-0.4, -0.2) is 22.4 Å². The third kappa shape index (κ3) is 2.90. The topological polar surface area (TPSA) is 41.5 Å². The lowest BCUT2D eigenvalue weighted by Gasteiger charge is -2.23. The van der Waals surface area contributed by atoms with Crippen LogP contribution in [0.2, 0.25) is 0 Å². The first-order valence-corrected chi connectivity index (χ1v) is 7.89. The van der Waals surface area contributed by atoms with Crippen molar-refractivity contribution in [2.24, 2.45) is 16.8 Å². The van der Waals surface area contributed by atoms with Gasteiger partial charge in [0.1, 0.15) is 4.75 Å². The van der Waals surface area contributed by atoms with Crippen LogP contribution in [0.25, 0.3) is 0 Å². The summed E-state index contributed by atoms with van der Waals surface area (Å²) in [4.78, 5) is 16.6. The van der Waals surface area contributed by atoms with Crippen LogP contribution >= 0.6 is 11.8 Å². The normalized spacial score (nSPS) is 32.2. The molecule has 2 rings (SSSR count). The fraction of sp³-hybridized carbons (Fsp3) is 0.857. The first-order valence-electron chi connectivity index (χ1n) is 7.07. The third-order valence-electron chi connectivity index (χ3n) is 4.30. The fourth-order valence-corrected chi connectivity index (χ4v) is 3.59. The Balaban J connectivity index is 1.93. The van der Waals surface area contributed by atoms with E-state index in [1.165, 1.54) is 32.1 Å². The molecule has 1 N–H and O–H groups in total. The van der Waals surface area contributed by atoms with Gasteiger partial charge in [0.15, 0.2) is 5.17 Å². The van der Waals surface area contributed by atoms with Gasteiger partial charge in [0.2, 0.25) is 5.91 Å². The molecule has 1 aliphatic heterocycles. The molecule has 102 valence electrons. The van der Waals surface area contributed by atoms with Crippen LogP contribution in [0, 0.1) is 11.8 Å². The summed E-state index contributed by atoms with van der Waals surface area (Å²) in [6.45, 7) is 7.09. The van der Waals surface area contributed by atoms with Crippen molar-refractivity contribution in [3.05, 3.63) is 0 Å². The van der Waals surface area contributed by atoms with Crippen molar-refractivity contribution in [2.45, 2.75) is 57.6 Å². The predicted molar refractivity (Wildman–Crippen MR) is 77.9 cm³/mol. The van der Waals surface area contributed by atoms with Gasteiger partial charge in [-0.1, -0.05) is 44.9 Å². The Hall–Kier alpha value is -0.510. The summed E-state index contributed by atoms with van der Waals surface area (Å²) in [6.07, 6.45) is 6.68. The molecule has 0 aromatic carbocycles. The molecule has 1 amide bonds. The van der Waals surface area contributed by atoms with E-state index >= 15 is 0 Å². The molecule has 2 fully saturated rings. The van der Waals surface area contributed by atoms with Crippen molar-refractivity contribution in [3.8, 4) is 0 Å². The predicted octanol–water partition coefficient (Wildman–Crippen LogP) is 3.20. The summed E-state index contributed by atoms with van der Waals surface area (Å²) >= 11 is 1.61. The van der Waals surface area contributed by atoms with E-state index in [0.29, 0.717) is 5.92 Å². The van der Waals surface area contributed by atoms with Gasteiger partial charge in [-0.2, -0.15) is 0 Å². The van der Waals surface area contributed by atoms with E-state index in [1.807, 2.05) is 6.92 Å². The lowest BCUT2D eigenvalue weighted by atomic mass is 9.89. The molecule has 0 radical (unpaired) electrons.